The van der Waals surface area contributed by atoms with E-state index in [-0.39, 0.29) is 0 Å². The van der Waals surface area contributed by atoms with Crippen molar-refractivity contribution in [1.82, 2.24) is 0 Å². The molecular formula is C12H17O. The van der Waals surface area contributed by atoms with Crippen molar-refractivity contribution >= 4 is 0 Å². The van der Waals surface area contributed by atoms with Crippen LogP contribution >= 0.6 is 0 Å². The van der Waals surface area contributed by atoms with Gasteiger partial charge in [-0.05, 0) is 37.5 Å². The van der Waals surface area contributed by atoms with E-state index in [9.17, 15) is 0 Å². The molecular weight excluding hydrogens is 160 g/mol. The fourth-order valence-electron chi connectivity index (χ4n) is 1.22. The van der Waals surface area contributed by atoms with Crippen LogP contribution in [-0.2, 0) is 0 Å². The maximum atomic E-state index is 5.74. The molecule has 0 bridgehead atoms. The maximum absolute atomic E-state index is 5.74. The fraction of sp³-hybridized carbons (Fsp3) is 0.417. The molecule has 0 amide bonds. The van der Waals surface area contributed by atoms with Gasteiger partial charge in [0.1, 0.15) is 5.75 Å². The Hall–Kier alpha value is -0.980. The lowest BCUT2D eigenvalue weighted by Gasteiger charge is -2.15. The minimum Gasteiger partial charge on any atom is -0.490 e. The summed E-state index contributed by atoms with van der Waals surface area (Å²) in [5.74, 6) is 0.945. The van der Waals surface area contributed by atoms with Crippen LogP contribution in [0.4, 0.5) is 0 Å². The third-order valence-electron chi connectivity index (χ3n) is 2.14. The molecule has 13 heavy (non-hydrogen) atoms. The minimum atomic E-state index is 0.343. The van der Waals surface area contributed by atoms with Crippen LogP contribution in [0.5, 0.6) is 5.75 Å². The molecule has 1 rings (SSSR count). The molecule has 0 N–H and O–H groups in total. The molecule has 0 aliphatic heterocycles. The topological polar surface area (TPSA) is 9.23 Å². The summed E-state index contributed by atoms with van der Waals surface area (Å²) < 4.78 is 5.74. The Bertz CT molecular complexity index is 234. The molecule has 1 aromatic carbocycles. The van der Waals surface area contributed by atoms with Crippen LogP contribution < -0.4 is 4.74 Å². The van der Waals surface area contributed by atoms with Crippen LogP contribution in [-0.4, -0.2) is 6.10 Å². The summed E-state index contributed by atoms with van der Waals surface area (Å²) in [6.45, 7) is 8.11. The lowest BCUT2D eigenvalue weighted by atomic mass is 10.2. The summed E-state index contributed by atoms with van der Waals surface area (Å²) in [5.41, 5.74) is 1.02. The Kier molecular flexibility index (Phi) is 3.81. The summed E-state index contributed by atoms with van der Waals surface area (Å²) >= 11 is 0. The van der Waals surface area contributed by atoms with E-state index in [1.54, 1.807) is 0 Å². The van der Waals surface area contributed by atoms with Gasteiger partial charge in [0.2, 0.25) is 0 Å². The summed E-state index contributed by atoms with van der Waals surface area (Å²) in [7, 11) is 0. The van der Waals surface area contributed by atoms with Crippen LogP contribution in [0.1, 0.15) is 32.3 Å². The number of hydrogen-bond acceptors (Lipinski definition) is 1. The maximum Gasteiger partial charge on any atom is 0.119 e. The molecule has 0 aromatic heterocycles. The first-order valence-corrected chi connectivity index (χ1v) is 4.85. The number of benzene rings is 1. The van der Waals surface area contributed by atoms with E-state index in [2.05, 4.69) is 20.8 Å². The van der Waals surface area contributed by atoms with Crippen LogP contribution in [0.15, 0.2) is 24.3 Å². The van der Waals surface area contributed by atoms with Gasteiger partial charge in [0.05, 0.1) is 6.10 Å². The molecule has 0 fully saturated rings. The van der Waals surface area contributed by atoms with Gasteiger partial charge < -0.3 is 4.74 Å². The van der Waals surface area contributed by atoms with E-state index in [1.807, 2.05) is 24.3 Å². The lowest BCUT2D eigenvalue weighted by Crippen LogP contribution is -2.13. The van der Waals surface area contributed by atoms with Gasteiger partial charge in [0, 0.05) is 0 Å². The highest BCUT2D eigenvalue weighted by Crippen LogP contribution is 2.15. The van der Waals surface area contributed by atoms with E-state index in [1.165, 1.54) is 0 Å². The molecule has 71 valence electrons. The Morgan fingerprint density at radius 3 is 2.15 bits per heavy atom. The standard InChI is InChI=1S/C12H17O/c1-4-11(5-2)13-12-8-6-10(3)7-9-12/h6-9,11H,3-5H2,1-2H3. The van der Waals surface area contributed by atoms with E-state index in [0.29, 0.717) is 6.10 Å². The highest BCUT2D eigenvalue weighted by molar-refractivity contribution is 5.28. The van der Waals surface area contributed by atoms with Crippen molar-refractivity contribution in [2.45, 2.75) is 32.8 Å². The van der Waals surface area contributed by atoms with Crippen molar-refractivity contribution in [3.05, 3.63) is 36.8 Å². The number of rotatable bonds is 4. The first-order valence-electron chi connectivity index (χ1n) is 4.85. The van der Waals surface area contributed by atoms with Gasteiger partial charge in [-0.25, -0.2) is 0 Å². The van der Waals surface area contributed by atoms with Crippen molar-refractivity contribution < 1.29 is 4.74 Å². The van der Waals surface area contributed by atoms with E-state index in [4.69, 9.17) is 4.74 Å². The summed E-state index contributed by atoms with van der Waals surface area (Å²) in [5, 5.41) is 0. The Morgan fingerprint density at radius 2 is 1.69 bits per heavy atom. The van der Waals surface area contributed by atoms with Crippen molar-refractivity contribution in [2.24, 2.45) is 0 Å². The van der Waals surface area contributed by atoms with Gasteiger partial charge in [-0.2, -0.15) is 0 Å². The van der Waals surface area contributed by atoms with Crippen LogP contribution in [0.3, 0.4) is 0 Å². The molecule has 1 heteroatoms. The normalized spacial score (nSPS) is 10.5. The SMILES string of the molecule is [CH2]c1ccc(OC(CC)CC)cc1. The monoisotopic (exact) mass is 177 g/mol. The van der Waals surface area contributed by atoms with Crippen molar-refractivity contribution in [2.75, 3.05) is 0 Å². The lowest BCUT2D eigenvalue weighted by molar-refractivity contribution is 0.193. The second kappa shape index (κ2) is 4.90. The molecule has 0 saturated heterocycles. The number of hydrogen-bond donors (Lipinski definition) is 0. The predicted octanol–water partition coefficient (Wildman–Crippen LogP) is 3.44. The molecule has 0 unspecified atom stereocenters. The second-order valence-corrected chi connectivity index (χ2v) is 3.20. The Balaban J connectivity index is 2.58. The Morgan fingerprint density at radius 1 is 1.15 bits per heavy atom. The zero-order valence-corrected chi connectivity index (χ0v) is 8.42. The first kappa shape index (κ1) is 10.1. The van der Waals surface area contributed by atoms with Gasteiger partial charge >= 0.3 is 0 Å². The third-order valence-corrected chi connectivity index (χ3v) is 2.14. The average molecular weight is 177 g/mol. The zero-order valence-electron chi connectivity index (χ0n) is 8.42. The largest absolute Gasteiger partial charge is 0.490 e. The molecule has 1 aromatic rings. The van der Waals surface area contributed by atoms with Gasteiger partial charge in [0.25, 0.3) is 0 Å². The zero-order chi connectivity index (χ0) is 9.68. The molecule has 0 aliphatic rings. The van der Waals surface area contributed by atoms with Crippen molar-refractivity contribution in [3.8, 4) is 5.75 Å². The fourth-order valence-corrected chi connectivity index (χ4v) is 1.22. The molecule has 0 aliphatic carbocycles. The van der Waals surface area contributed by atoms with E-state index >= 15 is 0 Å². The molecule has 1 radical (unpaired) electrons. The Labute approximate surface area is 80.7 Å². The highest BCUT2D eigenvalue weighted by atomic mass is 16.5. The van der Waals surface area contributed by atoms with Gasteiger partial charge in [0.15, 0.2) is 0 Å². The van der Waals surface area contributed by atoms with Crippen LogP contribution in [0.2, 0.25) is 0 Å². The van der Waals surface area contributed by atoms with E-state index in [0.717, 1.165) is 24.2 Å². The predicted molar refractivity (Wildman–Crippen MR) is 55.9 cm³/mol. The van der Waals surface area contributed by atoms with E-state index < -0.39 is 0 Å². The summed E-state index contributed by atoms with van der Waals surface area (Å²) in [4.78, 5) is 0. The van der Waals surface area contributed by atoms with Gasteiger partial charge in [-0.15, -0.1) is 0 Å². The van der Waals surface area contributed by atoms with Crippen LogP contribution in [0.25, 0.3) is 0 Å². The van der Waals surface area contributed by atoms with Gasteiger partial charge in [-0.1, -0.05) is 26.0 Å². The highest BCUT2D eigenvalue weighted by Gasteiger charge is 2.03. The third kappa shape index (κ3) is 3.10. The van der Waals surface area contributed by atoms with Gasteiger partial charge in [-0.3, -0.25) is 0 Å². The molecule has 0 spiro atoms. The second-order valence-electron chi connectivity index (χ2n) is 3.20. The van der Waals surface area contributed by atoms with Crippen LogP contribution in [0, 0.1) is 6.92 Å². The smallest absolute Gasteiger partial charge is 0.119 e. The molecule has 1 nitrogen and oxygen atoms in total. The van der Waals surface area contributed by atoms with Crippen molar-refractivity contribution in [1.29, 1.82) is 0 Å². The summed E-state index contributed by atoms with van der Waals surface area (Å²) in [6.07, 6.45) is 2.46. The minimum absolute atomic E-state index is 0.343. The first-order chi connectivity index (χ1) is 6.26. The average Bonchev–Trinajstić information content (AvgIpc) is 2.17. The number of ether oxygens (including phenoxy) is 1. The molecule has 0 heterocycles. The quantitative estimate of drug-likeness (QED) is 0.684. The molecule has 0 atom stereocenters. The van der Waals surface area contributed by atoms with Crippen molar-refractivity contribution in [3.63, 3.8) is 0 Å². The molecule has 0 saturated carbocycles. The summed E-state index contributed by atoms with van der Waals surface area (Å²) in [6, 6.07) is 7.89.